The van der Waals surface area contributed by atoms with Gasteiger partial charge in [-0.2, -0.15) is 0 Å². The van der Waals surface area contributed by atoms with Crippen LogP contribution in [0.2, 0.25) is 0 Å². The lowest BCUT2D eigenvalue weighted by Gasteiger charge is -2.40. The fourth-order valence-electron chi connectivity index (χ4n) is 5.73. The Hall–Kier alpha value is -2.51. The molecule has 2 aromatic carbocycles. The molecule has 0 bridgehead atoms. The lowest BCUT2D eigenvalue weighted by Crippen LogP contribution is -2.55. The van der Waals surface area contributed by atoms with Crippen LogP contribution in [0.4, 0.5) is 0 Å². The SMILES string of the molecule is CS[C@H]1O[C@@H](c2ccc(C)c(Cc3ccc(COCCC(=O)NC(C)(C)C(=O)NCCN4CCCC4)cc3)c2)[C@H](O)[C@@H](O)[C@@H]1O. The number of likely N-dealkylation sites (tertiary alicyclic amines) is 1. The van der Waals surface area contributed by atoms with E-state index >= 15 is 0 Å². The van der Waals surface area contributed by atoms with Gasteiger partial charge >= 0.3 is 0 Å². The Bertz CT molecular complexity index is 1270. The van der Waals surface area contributed by atoms with Gasteiger partial charge in [-0.05, 0) is 87.2 Å². The number of amides is 2. The van der Waals surface area contributed by atoms with E-state index < -0.39 is 35.4 Å². The van der Waals surface area contributed by atoms with Crippen molar-refractivity contribution in [2.75, 3.05) is 39.0 Å². The number of ether oxygens (including phenoxy) is 2. The van der Waals surface area contributed by atoms with Crippen LogP contribution in [0.5, 0.6) is 0 Å². The number of benzene rings is 2. The molecule has 0 radical (unpaired) electrons. The average Bonchev–Trinajstić information content (AvgIpc) is 3.54. The van der Waals surface area contributed by atoms with Crippen molar-refractivity contribution in [1.29, 1.82) is 0 Å². The Morgan fingerprint density at radius 2 is 1.71 bits per heavy atom. The molecule has 0 unspecified atom stereocenters. The minimum Gasteiger partial charge on any atom is -0.387 e. The topological polar surface area (TPSA) is 141 Å². The summed E-state index contributed by atoms with van der Waals surface area (Å²) >= 11 is 1.30. The van der Waals surface area contributed by atoms with E-state index in [9.17, 15) is 24.9 Å². The first-order chi connectivity index (χ1) is 21.5. The van der Waals surface area contributed by atoms with Gasteiger partial charge in [-0.25, -0.2) is 0 Å². The van der Waals surface area contributed by atoms with E-state index in [2.05, 4.69) is 15.5 Å². The van der Waals surface area contributed by atoms with Crippen LogP contribution in [0.15, 0.2) is 42.5 Å². The molecule has 5 N–H and O–H groups in total. The van der Waals surface area contributed by atoms with Gasteiger partial charge in [0.25, 0.3) is 0 Å². The molecule has 4 rings (SSSR count). The number of nitrogens with zero attached hydrogens (tertiary/aromatic N) is 1. The molecule has 0 spiro atoms. The molecule has 45 heavy (non-hydrogen) atoms. The Kier molecular flexibility index (Phi) is 12.8. The summed E-state index contributed by atoms with van der Waals surface area (Å²) in [6.07, 6.45) is 0.623. The van der Waals surface area contributed by atoms with Crippen molar-refractivity contribution in [3.8, 4) is 0 Å². The van der Waals surface area contributed by atoms with E-state index in [1.54, 1.807) is 20.1 Å². The zero-order valence-corrected chi connectivity index (χ0v) is 27.6. The first-order valence-corrected chi connectivity index (χ1v) is 17.1. The molecule has 0 saturated carbocycles. The number of thioether (sulfide) groups is 1. The first-order valence-electron chi connectivity index (χ1n) is 15.8. The van der Waals surface area contributed by atoms with Crippen LogP contribution < -0.4 is 10.6 Å². The van der Waals surface area contributed by atoms with E-state index in [0.717, 1.165) is 47.5 Å². The number of rotatable bonds is 14. The quantitative estimate of drug-likeness (QED) is 0.197. The molecule has 2 aliphatic heterocycles. The molecule has 248 valence electrons. The predicted octanol–water partition coefficient (Wildman–Crippen LogP) is 2.44. The van der Waals surface area contributed by atoms with Crippen molar-refractivity contribution in [3.63, 3.8) is 0 Å². The van der Waals surface area contributed by atoms with Crippen LogP contribution in [-0.2, 0) is 32.1 Å². The summed E-state index contributed by atoms with van der Waals surface area (Å²) in [4.78, 5) is 27.4. The number of nitrogens with one attached hydrogen (secondary N) is 2. The van der Waals surface area contributed by atoms with Crippen LogP contribution in [0.3, 0.4) is 0 Å². The maximum Gasteiger partial charge on any atom is 0.245 e. The molecule has 2 fully saturated rings. The normalized spacial score (nSPS) is 24.0. The van der Waals surface area contributed by atoms with Crippen LogP contribution >= 0.6 is 11.8 Å². The monoisotopic (exact) mass is 643 g/mol. The highest BCUT2D eigenvalue weighted by atomic mass is 32.2. The Morgan fingerprint density at radius 1 is 1.02 bits per heavy atom. The molecule has 2 heterocycles. The van der Waals surface area contributed by atoms with Crippen molar-refractivity contribution in [1.82, 2.24) is 15.5 Å². The van der Waals surface area contributed by atoms with Crippen LogP contribution in [0, 0.1) is 6.92 Å². The van der Waals surface area contributed by atoms with Gasteiger partial charge in [-0.3, -0.25) is 9.59 Å². The van der Waals surface area contributed by atoms with Crippen LogP contribution in [-0.4, -0.2) is 100 Å². The van der Waals surface area contributed by atoms with Gasteiger partial charge in [0.2, 0.25) is 11.8 Å². The minimum atomic E-state index is -1.29. The van der Waals surface area contributed by atoms with E-state index in [1.807, 2.05) is 49.4 Å². The highest BCUT2D eigenvalue weighted by Crippen LogP contribution is 2.36. The van der Waals surface area contributed by atoms with Crippen molar-refractivity contribution in [3.05, 3.63) is 70.3 Å². The Morgan fingerprint density at radius 3 is 2.40 bits per heavy atom. The number of aryl methyl sites for hydroxylation is 1. The van der Waals surface area contributed by atoms with E-state index in [0.29, 0.717) is 19.6 Å². The molecule has 10 nitrogen and oxygen atoms in total. The van der Waals surface area contributed by atoms with Crippen molar-refractivity contribution >= 4 is 23.6 Å². The van der Waals surface area contributed by atoms with Gasteiger partial charge in [0.05, 0.1) is 19.6 Å². The van der Waals surface area contributed by atoms with E-state index in [-0.39, 0.29) is 24.8 Å². The number of hydrogen-bond donors (Lipinski definition) is 5. The molecular formula is C34H49N3O7S. The lowest BCUT2D eigenvalue weighted by molar-refractivity contribution is -0.200. The zero-order chi connectivity index (χ0) is 32.6. The number of aliphatic hydroxyl groups excluding tert-OH is 3. The predicted molar refractivity (Wildman–Crippen MR) is 175 cm³/mol. The molecule has 5 atom stereocenters. The number of hydrogen-bond acceptors (Lipinski definition) is 9. The molecule has 2 saturated heterocycles. The maximum absolute atomic E-state index is 12.6. The highest BCUT2D eigenvalue weighted by Gasteiger charge is 2.44. The van der Waals surface area contributed by atoms with Crippen molar-refractivity contribution < 1.29 is 34.4 Å². The fourth-order valence-corrected chi connectivity index (χ4v) is 6.40. The van der Waals surface area contributed by atoms with Crippen molar-refractivity contribution in [2.45, 2.75) is 88.5 Å². The van der Waals surface area contributed by atoms with Gasteiger partial charge in [0, 0.05) is 13.1 Å². The summed E-state index contributed by atoms with van der Waals surface area (Å²) in [5.41, 5.74) is 3.37. The smallest absolute Gasteiger partial charge is 0.245 e. The number of carbonyl (C=O) groups is 2. The van der Waals surface area contributed by atoms with Gasteiger partial charge in [-0.1, -0.05) is 42.5 Å². The minimum absolute atomic E-state index is 0.158. The first kappa shape index (κ1) is 35.3. The van der Waals surface area contributed by atoms with Gasteiger partial charge in [0.15, 0.2) is 0 Å². The third kappa shape index (κ3) is 9.74. The van der Waals surface area contributed by atoms with Gasteiger partial charge in [0.1, 0.15) is 35.4 Å². The Labute approximate surface area is 270 Å². The third-order valence-electron chi connectivity index (χ3n) is 8.60. The van der Waals surface area contributed by atoms with Gasteiger partial charge < -0.3 is 40.3 Å². The standard InChI is InChI=1S/C34H49N3O7S/c1-22-7-12-25(31-29(40)28(39)30(41)32(44-31)45-4)20-26(22)19-23-8-10-24(11-9-23)21-43-18-13-27(38)36-34(2,3)33(42)35-14-17-37-15-5-6-16-37/h7-12,20,28-32,39-41H,5-6,13-19,21H2,1-4H3,(H,35,42)(H,36,38)/t28-,29-,30+,31+,32-/m1/s1. The molecular weight excluding hydrogens is 594 g/mol. The number of aliphatic hydroxyl groups is 3. The fraction of sp³-hybridized carbons (Fsp3) is 0.588. The van der Waals surface area contributed by atoms with Crippen LogP contribution in [0.1, 0.15) is 67.0 Å². The summed E-state index contributed by atoms with van der Waals surface area (Å²) in [6.45, 7) is 9.61. The van der Waals surface area contributed by atoms with Crippen LogP contribution in [0.25, 0.3) is 0 Å². The molecule has 11 heteroatoms. The third-order valence-corrected chi connectivity index (χ3v) is 9.45. The largest absolute Gasteiger partial charge is 0.387 e. The Balaban J connectivity index is 1.21. The second kappa shape index (κ2) is 16.4. The average molecular weight is 644 g/mol. The summed E-state index contributed by atoms with van der Waals surface area (Å²) in [5, 5.41) is 36.9. The summed E-state index contributed by atoms with van der Waals surface area (Å²) in [5.74, 6) is -0.427. The summed E-state index contributed by atoms with van der Waals surface area (Å²) in [6, 6.07) is 13.9. The highest BCUT2D eigenvalue weighted by molar-refractivity contribution is 7.99. The maximum atomic E-state index is 12.6. The molecule has 0 aliphatic carbocycles. The summed E-state index contributed by atoms with van der Waals surface area (Å²) < 4.78 is 11.7. The molecule has 2 aromatic rings. The van der Waals surface area contributed by atoms with E-state index in [1.165, 1.54) is 24.6 Å². The van der Waals surface area contributed by atoms with Gasteiger partial charge in [-0.15, -0.1) is 11.8 Å². The lowest BCUT2D eigenvalue weighted by atomic mass is 9.91. The molecule has 0 aromatic heterocycles. The second-order valence-corrected chi connectivity index (χ2v) is 13.5. The molecule has 2 amide bonds. The zero-order valence-electron chi connectivity index (χ0n) is 26.8. The molecule has 2 aliphatic rings. The van der Waals surface area contributed by atoms with Crippen molar-refractivity contribution in [2.24, 2.45) is 0 Å². The van der Waals surface area contributed by atoms with E-state index in [4.69, 9.17) is 9.47 Å². The summed E-state index contributed by atoms with van der Waals surface area (Å²) in [7, 11) is 0. The number of carbonyl (C=O) groups excluding carboxylic acids is 2. The second-order valence-electron chi connectivity index (χ2n) is 12.6.